The van der Waals surface area contributed by atoms with Crippen LogP contribution in [-0.4, -0.2) is 15.9 Å². The molecule has 0 atom stereocenters. The molecule has 0 amide bonds. The summed E-state index contributed by atoms with van der Waals surface area (Å²) in [4.78, 5) is 0. The van der Waals surface area contributed by atoms with Crippen molar-refractivity contribution in [1.82, 2.24) is 5.43 Å². The Morgan fingerprint density at radius 3 is 2.69 bits per heavy atom. The normalized spacial score (nSPS) is 11.3. The van der Waals surface area contributed by atoms with Crippen LogP contribution in [0.2, 0.25) is 10.0 Å². The molecule has 7 heteroatoms. The van der Waals surface area contributed by atoms with Gasteiger partial charge in [-0.2, -0.15) is 5.10 Å². The van der Waals surface area contributed by atoms with Crippen LogP contribution in [0.3, 0.4) is 0 Å². The van der Waals surface area contributed by atoms with Crippen molar-refractivity contribution in [2.24, 2.45) is 10.8 Å². The zero-order valence-electron chi connectivity index (χ0n) is 8.29. The predicted molar refractivity (Wildman–Crippen MR) is 70.3 cm³/mol. The highest BCUT2D eigenvalue weighted by Crippen LogP contribution is 2.31. The number of phenolic OH excluding ortho intramolecular Hbond substituents is 1. The summed E-state index contributed by atoms with van der Waals surface area (Å²) < 4.78 is 0. The van der Waals surface area contributed by atoms with Gasteiger partial charge in [-0.05, 0) is 31.3 Å². The molecule has 0 radical (unpaired) electrons. The van der Waals surface area contributed by atoms with E-state index in [0.29, 0.717) is 16.3 Å². The number of rotatable bonds is 2. The molecule has 86 valence electrons. The van der Waals surface area contributed by atoms with Crippen LogP contribution in [0.5, 0.6) is 5.75 Å². The van der Waals surface area contributed by atoms with Crippen LogP contribution in [0, 0.1) is 0 Å². The SMILES string of the molecule is CC(=NNC(N)=S)c1cc(Cl)cc(Cl)c1O. The molecule has 0 spiro atoms. The third-order valence-corrected chi connectivity index (χ3v) is 2.35. The van der Waals surface area contributed by atoms with Crippen LogP contribution < -0.4 is 11.2 Å². The Hall–Kier alpha value is -1.04. The van der Waals surface area contributed by atoms with E-state index < -0.39 is 0 Å². The molecule has 0 aliphatic carbocycles. The number of hydrogen-bond donors (Lipinski definition) is 3. The summed E-state index contributed by atoms with van der Waals surface area (Å²) >= 11 is 16.2. The third kappa shape index (κ3) is 3.23. The minimum atomic E-state index is -0.0861. The fourth-order valence-electron chi connectivity index (χ4n) is 1.04. The molecule has 0 aromatic heterocycles. The Morgan fingerprint density at radius 2 is 2.12 bits per heavy atom. The van der Waals surface area contributed by atoms with Gasteiger partial charge in [0.15, 0.2) is 5.11 Å². The van der Waals surface area contributed by atoms with E-state index in [1.165, 1.54) is 6.07 Å². The first-order chi connectivity index (χ1) is 7.41. The lowest BCUT2D eigenvalue weighted by Crippen LogP contribution is -2.25. The number of phenols is 1. The van der Waals surface area contributed by atoms with E-state index in [2.05, 4.69) is 22.7 Å². The number of thiocarbonyl (C=S) groups is 1. The van der Waals surface area contributed by atoms with Crippen molar-refractivity contribution in [3.8, 4) is 5.75 Å². The van der Waals surface area contributed by atoms with Gasteiger partial charge in [-0.1, -0.05) is 23.2 Å². The molecule has 0 aliphatic rings. The van der Waals surface area contributed by atoms with E-state index in [9.17, 15) is 5.11 Å². The van der Waals surface area contributed by atoms with Gasteiger partial charge in [0.2, 0.25) is 0 Å². The summed E-state index contributed by atoms with van der Waals surface area (Å²) in [5.74, 6) is -0.0861. The molecule has 4 nitrogen and oxygen atoms in total. The number of nitrogens with two attached hydrogens (primary N) is 1. The fourth-order valence-corrected chi connectivity index (χ4v) is 1.58. The van der Waals surface area contributed by atoms with Gasteiger partial charge >= 0.3 is 0 Å². The van der Waals surface area contributed by atoms with Crippen LogP contribution >= 0.6 is 35.4 Å². The van der Waals surface area contributed by atoms with Gasteiger partial charge in [-0.15, -0.1) is 0 Å². The minimum absolute atomic E-state index is 0.0342. The second-order valence-corrected chi connectivity index (χ2v) is 4.24. The van der Waals surface area contributed by atoms with Crippen LogP contribution in [0.25, 0.3) is 0 Å². The number of hydrogen-bond acceptors (Lipinski definition) is 3. The first-order valence-corrected chi connectivity index (χ1v) is 5.36. The van der Waals surface area contributed by atoms with Crippen molar-refractivity contribution in [3.05, 3.63) is 27.7 Å². The molecule has 0 saturated heterocycles. The summed E-state index contributed by atoms with van der Waals surface area (Å²) in [5, 5.41) is 14.2. The number of hydrazone groups is 1. The monoisotopic (exact) mass is 277 g/mol. The molecular weight excluding hydrogens is 269 g/mol. The van der Waals surface area contributed by atoms with E-state index >= 15 is 0 Å². The van der Waals surface area contributed by atoms with E-state index in [0.717, 1.165) is 0 Å². The molecular formula is C9H9Cl2N3OS. The average molecular weight is 278 g/mol. The van der Waals surface area contributed by atoms with Gasteiger partial charge in [-0.3, -0.25) is 5.43 Å². The number of aromatic hydroxyl groups is 1. The van der Waals surface area contributed by atoms with Crippen LogP contribution in [0.1, 0.15) is 12.5 Å². The van der Waals surface area contributed by atoms with Crippen molar-refractivity contribution in [3.63, 3.8) is 0 Å². The summed E-state index contributed by atoms with van der Waals surface area (Å²) in [5.41, 5.74) is 8.51. The van der Waals surface area contributed by atoms with Crippen molar-refractivity contribution in [2.45, 2.75) is 6.92 Å². The maximum Gasteiger partial charge on any atom is 0.184 e. The number of benzene rings is 1. The van der Waals surface area contributed by atoms with Crippen LogP contribution in [-0.2, 0) is 0 Å². The maximum absolute atomic E-state index is 9.69. The van der Waals surface area contributed by atoms with Gasteiger partial charge in [0, 0.05) is 10.6 Å². The maximum atomic E-state index is 9.69. The predicted octanol–water partition coefficient (Wildman–Crippen LogP) is 2.26. The second kappa shape index (κ2) is 5.34. The lowest BCUT2D eigenvalue weighted by molar-refractivity contribution is 0.474. The van der Waals surface area contributed by atoms with Gasteiger partial charge in [-0.25, -0.2) is 0 Å². The van der Waals surface area contributed by atoms with E-state index in [1.54, 1.807) is 13.0 Å². The molecule has 0 unspecified atom stereocenters. The van der Waals surface area contributed by atoms with Gasteiger partial charge < -0.3 is 10.8 Å². The molecule has 1 aromatic rings. The van der Waals surface area contributed by atoms with Crippen molar-refractivity contribution in [1.29, 1.82) is 0 Å². The smallest absolute Gasteiger partial charge is 0.184 e. The molecule has 1 rings (SSSR count). The Kier molecular flexibility index (Phi) is 4.35. The summed E-state index contributed by atoms with van der Waals surface area (Å²) in [6, 6.07) is 2.99. The molecule has 0 aliphatic heterocycles. The summed E-state index contributed by atoms with van der Waals surface area (Å²) in [6.07, 6.45) is 0. The molecule has 0 saturated carbocycles. The zero-order valence-corrected chi connectivity index (χ0v) is 10.6. The van der Waals surface area contributed by atoms with E-state index in [1.807, 2.05) is 0 Å². The molecule has 0 fully saturated rings. The Balaban J connectivity index is 3.12. The highest BCUT2D eigenvalue weighted by molar-refractivity contribution is 7.80. The first-order valence-electron chi connectivity index (χ1n) is 4.20. The van der Waals surface area contributed by atoms with Crippen LogP contribution in [0.4, 0.5) is 0 Å². The topological polar surface area (TPSA) is 70.6 Å². The van der Waals surface area contributed by atoms with Gasteiger partial charge in [0.05, 0.1) is 10.7 Å². The Morgan fingerprint density at radius 1 is 1.50 bits per heavy atom. The third-order valence-electron chi connectivity index (χ3n) is 1.75. The fraction of sp³-hybridized carbons (Fsp3) is 0.111. The van der Waals surface area contributed by atoms with E-state index in [4.69, 9.17) is 28.9 Å². The number of halogens is 2. The lowest BCUT2D eigenvalue weighted by Gasteiger charge is -2.07. The first kappa shape index (κ1) is 13.0. The molecule has 0 heterocycles. The molecule has 0 bridgehead atoms. The number of nitrogens with zero attached hydrogens (tertiary/aromatic N) is 1. The second-order valence-electron chi connectivity index (χ2n) is 2.96. The largest absolute Gasteiger partial charge is 0.506 e. The molecule has 4 N–H and O–H groups in total. The number of nitrogens with one attached hydrogen (secondary N) is 1. The molecule has 16 heavy (non-hydrogen) atoms. The Bertz CT molecular complexity index is 462. The van der Waals surface area contributed by atoms with Crippen molar-refractivity contribution in [2.75, 3.05) is 0 Å². The van der Waals surface area contributed by atoms with Crippen molar-refractivity contribution >= 4 is 46.2 Å². The standard InChI is InChI=1S/C9H9Cl2N3OS/c1-4(13-14-9(12)16)6-2-5(10)3-7(11)8(6)15/h2-3,15H,1H3,(H3,12,14,16). The quantitative estimate of drug-likeness (QED) is 0.441. The van der Waals surface area contributed by atoms with E-state index in [-0.39, 0.29) is 15.9 Å². The summed E-state index contributed by atoms with van der Waals surface area (Å²) in [6.45, 7) is 1.66. The van der Waals surface area contributed by atoms with Crippen molar-refractivity contribution < 1.29 is 5.11 Å². The minimum Gasteiger partial charge on any atom is -0.506 e. The van der Waals surface area contributed by atoms with Gasteiger partial charge in [0.25, 0.3) is 0 Å². The summed E-state index contributed by atoms with van der Waals surface area (Å²) in [7, 11) is 0. The van der Waals surface area contributed by atoms with Gasteiger partial charge in [0.1, 0.15) is 5.75 Å². The average Bonchev–Trinajstić information content (AvgIpc) is 2.19. The lowest BCUT2D eigenvalue weighted by atomic mass is 10.1. The zero-order chi connectivity index (χ0) is 12.3. The highest BCUT2D eigenvalue weighted by atomic mass is 35.5. The highest BCUT2D eigenvalue weighted by Gasteiger charge is 2.10. The van der Waals surface area contributed by atoms with Crippen LogP contribution in [0.15, 0.2) is 17.2 Å². The molecule has 1 aromatic carbocycles. The Labute approximate surface area is 108 Å².